The number of thioether (sulfide) groups is 1. The van der Waals surface area contributed by atoms with Gasteiger partial charge in [0.2, 0.25) is 5.96 Å². The average Bonchev–Trinajstić information content (AvgIpc) is 3.08. The molecule has 1 atom stereocenters. The van der Waals surface area contributed by atoms with Gasteiger partial charge >= 0.3 is 0 Å². The van der Waals surface area contributed by atoms with E-state index in [1.54, 1.807) is 16.7 Å². The molecule has 126 valence electrons. The highest BCUT2D eigenvalue weighted by Gasteiger charge is 2.31. The summed E-state index contributed by atoms with van der Waals surface area (Å²) in [5.74, 6) is 1.78. The molecule has 8 heteroatoms. The number of fused-ring (bicyclic) bond motifs is 1. The average molecular weight is 354 g/mol. The molecule has 2 N–H and O–H groups in total. The molecule has 2 aliphatic rings. The van der Waals surface area contributed by atoms with Crippen LogP contribution < -0.4 is 5.73 Å². The van der Waals surface area contributed by atoms with Crippen LogP contribution in [0.1, 0.15) is 40.8 Å². The van der Waals surface area contributed by atoms with Crippen molar-refractivity contribution in [1.29, 1.82) is 0 Å². The van der Waals surface area contributed by atoms with Crippen molar-refractivity contribution < 1.29 is 4.79 Å². The molecule has 0 radical (unpaired) electrons. The molecule has 3 rings (SSSR count). The van der Waals surface area contributed by atoms with Crippen molar-refractivity contribution in [2.24, 2.45) is 10.7 Å². The predicted molar refractivity (Wildman–Crippen MR) is 96.2 cm³/mol. The van der Waals surface area contributed by atoms with Gasteiger partial charge in [-0.15, -0.1) is 11.3 Å². The highest BCUT2D eigenvalue weighted by Crippen LogP contribution is 2.23. The van der Waals surface area contributed by atoms with Crippen LogP contribution in [-0.2, 0) is 0 Å². The Kier molecular flexibility index (Phi) is 5.55. The lowest BCUT2D eigenvalue weighted by atomic mass is 10.2. The van der Waals surface area contributed by atoms with Crippen LogP contribution in [0.15, 0.2) is 10.4 Å². The molecule has 2 aliphatic heterocycles. The van der Waals surface area contributed by atoms with Crippen LogP contribution in [0.5, 0.6) is 0 Å². The maximum absolute atomic E-state index is 12.8. The molecule has 1 unspecified atom stereocenters. The second kappa shape index (κ2) is 7.63. The molecule has 0 spiro atoms. The SMILES string of the molecule is CSCCC(N)c1nc(C(=O)N2CCCN3CCCN=C32)cs1. The molecule has 1 saturated heterocycles. The van der Waals surface area contributed by atoms with Gasteiger partial charge < -0.3 is 10.6 Å². The minimum absolute atomic E-state index is 0.0464. The second-order valence-corrected chi connectivity index (χ2v) is 7.67. The number of nitrogens with two attached hydrogens (primary N) is 1. The summed E-state index contributed by atoms with van der Waals surface area (Å²) >= 11 is 3.26. The molecule has 1 fully saturated rings. The van der Waals surface area contributed by atoms with Gasteiger partial charge in [-0.1, -0.05) is 0 Å². The number of nitrogens with zero attached hydrogens (tertiary/aromatic N) is 4. The van der Waals surface area contributed by atoms with Crippen molar-refractivity contribution in [1.82, 2.24) is 14.8 Å². The van der Waals surface area contributed by atoms with E-state index in [1.165, 1.54) is 11.3 Å². The van der Waals surface area contributed by atoms with Crippen LogP contribution in [0.4, 0.5) is 0 Å². The van der Waals surface area contributed by atoms with Crippen molar-refractivity contribution in [3.63, 3.8) is 0 Å². The minimum Gasteiger partial charge on any atom is -0.342 e. The first-order valence-electron chi connectivity index (χ1n) is 8.02. The lowest BCUT2D eigenvalue weighted by Crippen LogP contribution is -2.54. The third-order valence-corrected chi connectivity index (χ3v) is 5.73. The molecular weight excluding hydrogens is 330 g/mol. The normalized spacial score (nSPS) is 19.3. The van der Waals surface area contributed by atoms with Crippen molar-refractivity contribution in [3.05, 3.63) is 16.1 Å². The van der Waals surface area contributed by atoms with E-state index in [9.17, 15) is 4.79 Å². The Morgan fingerprint density at radius 2 is 2.26 bits per heavy atom. The molecule has 0 aromatic carbocycles. The molecule has 0 aliphatic carbocycles. The van der Waals surface area contributed by atoms with Gasteiger partial charge in [0, 0.05) is 31.6 Å². The number of carbonyl (C=O) groups excluding carboxylic acids is 1. The van der Waals surface area contributed by atoms with Crippen molar-refractivity contribution in [3.8, 4) is 0 Å². The maximum Gasteiger partial charge on any atom is 0.280 e. The van der Waals surface area contributed by atoms with E-state index in [1.807, 2.05) is 5.38 Å². The third kappa shape index (κ3) is 3.70. The van der Waals surface area contributed by atoms with Gasteiger partial charge in [0.15, 0.2) is 0 Å². The summed E-state index contributed by atoms with van der Waals surface area (Å²) in [6.07, 6.45) is 4.99. The first kappa shape index (κ1) is 16.7. The smallest absolute Gasteiger partial charge is 0.280 e. The van der Waals surface area contributed by atoms with Gasteiger partial charge in [-0.2, -0.15) is 11.8 Å². The topological polar surface area (TPSA) is 74.8 Å². The van der Waals surface area contributed by atoms with E-state index in [-0.39, 0.29) is 11.9 Å². The van der Waals surface area contributed by atoms with Crippen LogP contribution in [0.25, 0.3) is 0 Å². The molecular formula is C15H23N5OS2. The second-order valence-electron chi connectivity index (χ2n) is 5.79. The van der Waals surface area contributed by atoms with Crippen LogP contribution >= 0.6 is 23.1 Å². The quantitative estimate of drug-likeness (QED) is 0.874. The lowest BCUT2D eigenvalue weighted by molar-refractivity contribution is 0.0795. The Bertz CT molecular complexity index is 588. The minimum atomic E-state index is -0.0844. The largest absolute Gasteiger partial charge is 0.342 e. The lowest BCUT2D eigenvalue weighted by Gasteiger charge is -2.39. The van der Waals surface area contributed by atoms with Crippen molar-refractivity contribution >= 4 is 35.0 Å². The van der Waals surface area contributed by atoms with Crippen LogP contribution in [0.2, 0.25) is 0 Å². The van der Waals surface area contributed by atoms with Crippen LogP contribution in [-0.4, -0.2) is 64.8 Å². The number of aromatic nitrogens is 1. The zero-order valence-electron chi connectivity index (χ0n) is 13.4. The molecule has 0 saturated carbocycles. The van der Waals surface area contributed by atoms with E-state index in [0.29, 0.717) is 5.69 Å². The molecule has 6 nitrogen and oxygen atoms in total. The first-order chi connectivity index (χ1) is 11.2. The number of carbonyl (C=O) groups is 1. The van der Waals surface area contributed by atoms with Crippen LogP contribution in [0, 0.1) is 0 Å². The number of hydrogen-bond donors (Lipinski definition) is 1. The summed E-state index contributed by atoms with van der Waals surface area (Å²) < 4.78 is 0. The van der Waals surface area contributed by atoms with E-state index in [0.717, 1.165) is 62.2 Å². The third-order valence-electron chi connectivity index (χ3n) is 4.11. The molecule has 1 amide bonds. The van der Waals surface area contributed by atoms with Crippen molar-refractivity contribution in [2.75, 3.05) is 38.2 Å². The van der Waals surface area contributed by atoms with E-state index in [2.05, 4.69) is 21.1 Å². The molecule has 3 heterocycles. The van der Waals surface area contributed by atoms with Crippen molar-refractivity contribution in [2.45, 2.75) is 25.3 Å². The monoisotopic (exact) mass is 353 g/mol. The summed E-state index contributed by atoms with van der Waals surface area (Å²) in [7, 11) is 0. The first-order valence-corrected chi connectivity index (χ1v) is 10.3. The highest BCUT2D eigenvalue weighted by atomic mass is 32.2. The number of aliphatic imine (C=N–C) groups is 1. The zero-order chi connectivity index (χ0) is 16.2. The Morgan fingerprint density at radius 1 is 1.43 bits per heavy atom. The van der Waals surface area contributed by atoms with Gasteiger partial charge in [0.05, 0.1) is 6.04 Å². The van der Waals surface area contributed by atoms with E-state index < -0.39 is 0 Å². The fourth-order valence-corrected chi connectivity index (χ4v) is 4.20. The summed E-state index contributed by atoms with van der Waals surface area (Å²) in [4.78, 5) is 25.9. The maximum atomic E-state index is 12.8. The number of hydrogen-bond acceptors (Lipinski definition) is 7. The van der Waals surface area contributed by atoms with Gasteiger partial charge in [0.25, 0.3) is 5.91 Å². The van der Waals surface area contributed by atoms with Gasteiger partial charge in [0.1, 0.15) is 10.7 Å². The summed E-state index contributed by atoms with van der Waals surface area (Å²) in [6.45, 7) is 3.51. The fraction of sp³-hybridized carbons (Fsp3) is 0.667. The Balaban J connectivity index is 1.72. The van der Waals surface area contributed by atoms with E-state index in [4.69, 9.17) is 5.73 Å². The molecule has 0 bridgehead atoms. The fourth-order valence-electron chi connectivity index (χ4n) is 2.88. The molecule has 23 heavy (non-hydrogen) atoms. The zero-order valence-corrected chi connectivity index (χ0v) is 15.0. The number of amides is 1. The predicted octanol–water partition coefficient (Wildman–Crippen LogP) is 1.80. The number of guanidine groups is 1. The van der Waals surface area contributed by atoms with Crippen LogP contribution in [0.3, 0.4) is 0 Å². The van der Waals surface area contributed by atoms with Gasteiger partial charge in [-0.05, 0) is 31.3 Å². The number of rotatable bonds is 5. The molecule has 1 aromatic heterocycles. The summed E-state index contributed by atoms with van der Waals surface area (Å²) in [5, 5.41) is 2.68. The Labute approximate surface area is 145 Å². The summed E-state index contributed by atoms with van der Waals surface area (Å²) in [5.41, 5.74) is 6.66. The van der Waals surface area contributed by atoms with Gasteiger partial charge in [-0.3, -0.25) is 14.7 Å². The number of thiazole rings is 1. The molecule has 1 aromatic rings. The van der Waals surface area contributed by atoms with E-state index >= 15 is 0 Å². The van der Waals surface area contributed by atoms with Gasteiger partial charge in [-0.25, -0.2) is 4.98 Å². The summed E-state index contributed by atoms with van der Waals surface area (Å²) in [6, 6.07) is -0.0844. The Morgan fingerprint density at radius 3 is 3.09 bits per heavy atom. The highest BCUT2D eigenvalue weighted by molar-refractivity contribution is 7.98. The standard InChI is InChI=1S/C15H23N5OS2/c1-22-9-4-11(16)13-18-12(10-23-13)14(21)20-8-3-7-19-6-2-5-17-15(19)20/h10-11H,2-9,16H2,1H3. The Hall–Kier alpha value is -1.12.